The van der Waals surface area contributed by atoms with Crippen LogP contribution in [0.3, 0.4) is 0 Å². The van der Waals surface area contributed by atoms with Crippen LogP contribution in [0.5, 0.6) is 0 Å². The van der Waals surface area contributed by atoms with Crippen LogP contribution in [0.15, 0.2) is 59.7 Å². The maximum Gasteiger partial charge on any atom is 0.255 e. The van der Waals surface area contributed by atoms with Gasteiger partial charge in [0.1, 0.15) is 5.69 Å². The number of ketones is 1. The normalized spacial score (nSPS) is 13.1. The van der Waals surface area contributed by atoms with Crippen molar-refractivity contribution in [3.05, 3.63) is 76.5 Å². The second kappa shape index (κ2) is 5.28. The molecule has 0 N–H and O–H groups in total. The summed E-state index contributed by atoms with van der Waals surface area (Å²) in [6.07, 6.45) is 4.63. The lowest BCUT2D eigenvalue weighted by Gasteiger charge is -2.07. The van der Waals surface area contributed by atoms with E-state index in [2.05, 4.69) is 9.97 Å². The molecule has 0 atom stereocenters. The molecule has 0 aromatic carbocycles. The van der Waals surface area contributed by atoms with Crippen molar-refractivity contribution in [2.24, 2.45) is 0 Å². The van der Waals surface area contributed by atoms with Gasteiger partial charge in [0.25, 0.3) is 5.56 Å². The van der Waals surface area contributed by atoms with Gasteiger partial charge in [0.05, 0.1) is 17.1 Å². The first-order chi connectivity index (χ1) is 11.2. The second-order valence-electron chi connectivity index (χ2n) is 5.44. The van der Waals surface area contributed by atoms with Gasteiger partial charge in [0.2, 0.25) is 0 Å². The van der Waals surface area contributed by atoms with E-state index in [0.717, 1.165) is 12.0 Å². The minimum Gasteiger partial charge on any atom is -0.292 e. The Labute approximate surface area is 132 Å². The Morgan fingerprint density at radius 1 is 0.957 bits per heavy atom. The molecule has 1 aliphatic rings. The molecule has 1 aliphatic carbocycles. The number of aromatic nitrogens is 3. The fraction of sp³-hybridized carbons (Fsp3) is 0.111. The molecule has 0 saturated heterocycles. The van der Waals surface area contributed by atoms with E-state index in [0.29, 0.717) is 29.2 Å². The SMILES string of the molecule is O=C1CCc2ccc(-c3cc(-n4ccccc4=O)ccn3)nc21. The van der Waals surface area contributed by atoms with Crippen molar-refractivity contribution in [2.45, 2.75) is 12.8 Å². The molecular formula is C18H13N3O2. The van der Waals surface area contributed by atoms with Gasteiger partial charge in [0, 0.05) is 24.9 Å². The van der Waals surface area contributed by atoms with Gasteiger partial charge in [-0.2, -0.15) is 0 Å². The Morgan fingerprint density at radius 2 is 1.87 bits per heavy atom. The van der Waals surface area contributed by atoms with Gasteiger partial charge in [-0.25, -0.2) is 4.98 Å². The summed E-state index contributed by atoms with van der Waals surface area (Å²) in [5.74, 6) is 0.0808. The lowest BCUT2D eigenvalue weighted by atomic mass is 10.1. The van der Waals surface area contributed by atoms with Gasteiger partial charge in [-0.3, -0.25) is 19.1 Å². The molecule has 0 bridgehead atoms. The van der Waals surface area contributed by atoms with E-state index in [-0.39, 0.29) is 11.3 Å². The topological polar surface area (TPSA) is 64.8 Å². The number of pyridine rings is 3. The van der Waals surface area contributed by atoms with Crippen molar-refractivity contribution in [1.29, 1.82) is 0 Å². The number of carbonyl (C=O) groups is 1. The van der Waals surface area contributed by atoms with Crippen LogP contribution in [0.25, 0.3) is 17.1 Å². The van der Waals surface area contributed by atoms with Crippen LogP contribution in [0.2, 0.25) is 0 Å². The van der Waals surface area contributed by atoms with Crippen molar-refractivity contribution >= 4 is 5.78 Å². The number of aryl methyl sites for hydroxylation is 1. The van der Waals surface area contributed by atoms with Crippen molar-refractivity contribution in [1.82, 2.24) is 14.5 Å². The number of fused-ring (bicyclic) bond motifs is 1. The van der Waals surface area contributed by atoms with Crippen LogP contribution in [0.4, 0.5) is 0 Å². The lowest BCUT2D eigenvalue weighted by Crippen LogP contribution is -2.15. The number of Topliss-reactive ketones (excluding diaryl/α,β-unsaturated/α-hetero) is 1. The monoisotopic (exact) mass is 303 g/mol. The molecule has 3 aromatic rings. The zero-order valence-corrected chi connectivity index (χ0v) is 12.3. The minimum atomic E-state index is -0.109. The van der Waals surface area contributed by atoms with Crippen LogP contribution in [-0.2, 0) is 6.42 Å². The summed E-state index contributed by atoms with van der Waals surface area (Å²) in [6.45, 7) is 0. The summed E-state index contributed by atoms with van der Waals surface area (Å²) in [7, 11) is 0. The summed E-state index contributed by atoms with van der Waals surface area (Å²) in [5.41, 5.74) is 3.43. The lowest BCUT2D eigenvalue weighted by molar-refractivity contribution is 0.0990. The van der Waals surface area contributed by atoms with Gasteiger partial charge in [-0.05, 0) is 36.2 Å². The number of nitrogens with zero attached hydrogens (tertiary/aromatic N) is 3. The van der Waals surface area contributed by atoms with Gasteiger partial charge >= 0.3 is 0 Å². The highest BCUT2D eigenvalue weighted by molar-refractivity contribution is 5.99. The molecule has 5 nitrogen and oxygen atoms in total. The number of hydrogen-bond acceptors (Lipinski definition) is 4. The van der Waals surface area contributed by atoms with Crippen LogP contribution in [-0.4, -0.2) is 20.3 Å². The number of rotatable bonds is 2. The Morgan fingerprint density at radius 3 is 2.74 bits per heavy atom. The minimum absolute atomic E-state index is 0.0808. The van der Waals surface area contributed by atoms with E-state index in [1.54, 1.807) is 41.2 Å². The molecule has 0 unspecified atom stereocenters. The van der Waals surface area contributed by atoms with Crippen molar-refractivity contribution in [3.63, 3.8) is 0 Å². The Kier molecular flexibility index (Phi) is 3.12. The van der Waals surface area contributed by atoms with Crippen molar-refractivity contribution in [3.8, 4) is 17.1 Å². The molecule has 0 amide bonds. The molecular weight excluding hydrogens is 290 g/mol. The average molecular weight is 303 g/mol. The van der Waals surface area contributed by atoms with E-state index in [1.807, 2.05) is 12.1 Å². The number of hydrogen-bond donors (Lipinski definition) is 0. The van der Waals surface area contributed by atoms with Crippen LogP contribution in [0.1, 0.15) is 22.5 Å². The predicted molar refractivity (Wildman–Crippen MR) is 85.7 cm³/mol. The van der Waals surface area contributed by atoms with Gasteiger partial charge in [-0.15, -0.1) is 0 Å². The van der Waals surface area contributed by atoms with E-state index >= 15 is 0 Å². The Balaban J connectivity index is 1.81. The largest absolute Gasteiger partial charge is 0.292 e. The first-order valence-electron chi connectivity index (χ1n) is 7.40. The molecule has 3 heterocycles. The molecule has 0 spiro atoms. The fourth-order valence-corrected chi connectivity index (χ4v) is 2.79. The third-order valence-electron chi connectivity index (χ3n) is 3.97. The van der Waals surface area contributed by atoms with Crippen LogP contribution in [0, 0.1) is 0 Å². The van der Waals surface area contributed by atoms with Gasteiger partial charge in [0.15, 0.2) is 5.78 Å². The third kappa shape index (κ3) is 2.36. The van der Waals surface area contributed by atoms with E-state index in [4.69, 9.17) is 0 Å². The molecule has 0 fully saturated rings. The molecule has 4 rings (SSSR count). The van der Waals surface area contributed by atoms with E-state index < -0.39 is 0 Å². The maximum atomic E-state index is 11.9. The van der Waals surface area contributed by atoms with Crippen LogP contribution >= 0.6 is 0 Å². The molecule has 5 heteroatoms. The molecule has 23 heavy (non-hydrogen) atoms. The zero-order valence-electron chi connectivity index (χ0n) is 12.3. The summed E-state index contributed by atoms with van der Waals surface area (Å²) < 4.78 is 1.55. The second-order valence-corrected chi connectivity index (χ2v) is 5.44. The third-order valence-corrected chi connectivity index (χ3v) is 3.97. The van der Waals surface area contributed by atoms with E-state index in [1.165, 1.54) is 6.07 Å². The maximum absolute atomic E-state index is 11.9. The fourth-order valence-electron chi connectivity index (χ4n) is 2.79. The quantitative estimate of drug-likeness (QED) is 0.729. The zero-order chi connectivity index (χ0) is 15.8. The summed E-state index contributed by atoms with van der Waals surface area (Å²) in [4.78, 5) is 32.6. The molecule has 0 radical (unpaired) electrons. The van der Waals surface area contributed by atoms with Crippen LogP contribution < -0.4 is 5.56 Å². The molecule has 0 saturated carbocycles. The first kappa shape index (κ1) is 13.6. The smallest absolute Gasteiger partial charge is 0.255 e. The molecule has 3 aromatic heterocycles. The van der Waals surface area contributed by atoms with Gasteiger partial charge in [-0.1, -0.05) is 12.1 Å². The van der Waals surface area contributed by atoms with Gasteiger partial charge < -0.3 is 0 Å². The molecule has 0 aliphatic heterocycles. The highest BCUT2D eigenvalue weighted by Gasteiger charge is 2.21. The molecule has 112 valence electrons. The predicted octanol–water partition coefficient (Wildman–Crippen LogP) is 2.42. The number of carbonyl (C=O) groups excluding carboxylic acids is 1. The van der Waals surface area contributed by atoms with Crippen molar-refractivity contribution < 1.29 is 4.79 Å². The first-order valence-corrected chi connectivity index (χ1v) is 7.40. The highest BCUT2D eigenvalue weighted by Crippen LogP contribution is 2.24. The summed E-state index contributed by atoms with van der Waals surface area (Å²) >= 11 is 0. The Hall–Kier alpha value is -3.08. The Bertz CT molecular complexity index is 976. The summed E-state index contributed by atoms with van der Waals surface area (Å²) in [5, 5.41) is 0. The summed E-state index contributed by atoms with van der Waals surface area (Å²) in [6, 6.07) is 12.4. The highest BCUT2D eigenvalue weighted by atomic mass is 16.1. The standard InChI is InChI=1S/C18H13N3O2/c22-16-7-5-12-4-6-14(20-18(12)16)15-11-13(8-9-19-15)21-10-2-1-3-17(21)23/h1-4,6,8-11H,5,7H2. The van der Waals surface area contributed by atoms with Crippen molar-refractivity contribution in [2.75, 3.05) is 0 Å². The average Bonchev–Trinajstić information content (AvgIpc) is 2.96. The van der Waals surface area contributed by atoms with E-state index in [9.17, 15) is 9.59 Å².